The van der Waals surface area contributed by atoms with Gasteiger partial charge in [-0.25, -0.2) is 8.42 Å². The van der Waals surface area contributed by atoms with Crippen LogP contribution >= 0.6 is 11.3 Å². The third-order valence-electron chi connectivity index (χ3n) is 4.53. The molecule has 0 atom stereocenters. The lowest BCUT2D eigenvalue weighted by atomic mass is 9.82. The first kappa shape index (κ1) is 15.9. The number of nitrogens with zero attached hydrogens (tertiary/aromatic N) is 1. The summed E-state index contributed by atoms with van der Waals surface area (Å²) in [7, 11) is -3.32. The van der Waals surface area contributed by atoms with E-state index in [1.165, 1.54) is 11.3 Å². The molecular formula is C14H24N2O2S2. The summed E-state index contributed by atoms with van der Waals surface area (Å²) in [6, 6.07) is 3.61. The highest BCUT2D eigenvalue weighted by molar-refractivity contribution is 7.91. The number of hydrogen-bond acceptors (Lipinski definition) is 4. The van der Waals surface area contributed by atoms with E-state index in [0.29, 0.717) is 23.8 Å². The van der Waals surface area contributed by atoms with Crippen LogP contribution in [0.3, 0.4) is 0 Å². The summed E-state index contributed by atoms with van der Waals surface area (Å²) in [6.45, 7) is 6.17. The van der Waals surface area contributed by atoms with Crippen LogP contribution < -0.4 is 5.73 Å². The van der Waals surface area contributed by atoms with Gasteiger partial charge in [-0.3, -0.25) is 0 Å². The minimum atomic E-state index is -3.32. The van der Waals surface area contributed by atoms with Gasteiger partial charge in [-0.1, -0.05) is 13.8 Å². The van der Waals surface area contributed by atoms with E-state index in [9.17, 15) is 8.42 Å². The van der Waals surface area contributed by atoms with Crippen LogP contribution in [-0.2, 0) is 16.4 Å². The van der Waals surface area contributed by atoms with Gasteiger partial charge in [0.15, 0.2) is 0 Å². The molecule has 2 rings (SSSR count). The van der Waals surface area contributed by atoms with E-state index < -0.39 is 10.0 Å². The highest BCUT2D eigenvalue weighted by Crippen LogP contribution is 2.40. The lowest BCUT2D eigenvalue weighted by Crippen LogP contribution is -2.31. The first-order chi connectivity index (χ1) is 9.47. The van der Waals surface area contributed by atoms with Crippen LogP contribution in [-0.4, -0.2) is 32.4 Å². The van der Waals surface area contributed by atoms with Crippen molar-refractivity contribution in [2.75, 3.05) is 19.6 Å². The van der Waals surface area contributed by atoms with E-state index in [-0.39, 0.29) is 5.41 Å². The molecule has 0 saturated carbocycles. The van der Waals surface area contributed by atoms with Crippen molar-refractivity contribution in [2.24, 2.45) is 11.1 Å². The molecule has 0 spiro atoms. The fraction of sp³-hybridized carbons (Fsp3) is 0.714. The summed E-state index contributed by atoms with van der Waals surface area (Å²) >= 11 is 1.36. The maximum Gasteiger partial charge on any atom is 0.252 e. The van der Waals surface area contributed by atoms with Crippen molar-refractivity contribution >= 4 is 21.4 Å². The summed E-state index contributed by atoms with van der Waals surface area (Å²) < 4.78 is 27.5. The molecule has 0 aromatic carbocycles. The highest BCUT2D eigenvalue weighted by atomic mass is 32.2. The maximum atomic E-state index is 12.7. The molecule has 0 radical (unpaired) electrons. The largest absolute Gasteiger partial charge is 0.330 e. The van der Waals surface area contributed by atoms with Gasteiger partial charge >= 0.3 is 0 Å². The predicted molar refractivity (Wildman–Crippen MR) is 83.5 cm³/mol. The van der Waals surface area contributed by atoms with E-state index in [1.807, 2.05) is 6.07 Å². The highest BCUT2D eigenvalue weighted by Gasteiger charge is 2.40. The molecule has 1 aliphatic heterocycles. The summed E-state index contributed by atoms with van der Waals surface area (Å²) in [6.07, 6.45) is 3.80. The minimum Gasteiger partial charge on any atom is -0.330 e. The first-order valence-electron chi connectivity index (χ1n) is 7.26. The third kappa shape index (κ3) is 2.93. The zero-order valence-electron chi connectivity index (χ0n) is 12.3. The molecule has 0 unspecified atom stereocenters. The second-order valence-corrected chi connectivity index (χ2v) is 8.89. The van der Waals surface area contributed by atoms with Gasteiger partial charge in [0.2, 0.25) is 0 Å². The quantitative estimate of drug-likeness (QED) is 0.877. The Balaban J connectivity index is 2.19. The summed E-state index contributed by atoms with van der Waals surface area (Å²) in [5.74, 6) is 0. The van der Waals surface area contributed by atoms with Crippen molar-refractivity contribution in [1.29, 1.82) is 0 Å². The lowest BCUT2D eigenvalue weighted by Gasteiger charge is -2.26. The number of sulfonamides is 1. The van der Waals surface area contributed by atoms with Gasteiger partial charge < -0.3 is 5.73 Å². The molecule has 0 aliphatic carbocycles. The standard InChI is InChI=1S/C14H24N2O2S2/c1-3-14(4-2)8-10-16(11-14)20(17,18)13-6-5-12(19-13)7-9-15/h5-6H,3-4,7-11,15H2,1-2H3. The molecule has 2 N–H and O–H groups in total. The average molecular weight is 316 g/mol. The van der Waals surface area contributed by atoms with E-state index in [1.54, 1.807) is 10.4 Å². The molecule has 20 heavy (non-hydrogen) atoms. The van der Waals surface area contributed by atoms with E-state index in [4.69, 9.17) is 5.73 Å². The van der Waals surface area contributed by atoms with Crippen molar-refractivity contribution in [2.45, 2.75) is 43.7 Å². The Labute approximate surface area is 126 Å². The SMILES string of the molecule is CCC1(CC)CCN(S(=O)(=O)c2ccc(CCN)s2)C1. The molecule has 1 aromatic heterocycles. The van der Waals surface area contributed by atoms with Crippen LogP contribution in [0.25, 0.3) is 0 Å². The Kier molecular flexibility index (Phi) is 4.89. The van der Waals surface area contributed by atoms with Crippen LogP contribution in [0.5, 0.6) is 0 Å². The first-order valence-corrected chi connectivity index (χ1v) is 9.52. The van der Waals surface area contributed by atoms with Gasteiger partial charge in [-0.05, 0) is 49.8 Å². The van der Waals surface area contributed by atoms with Gasteiger partial charge in [-0.15, -0.1) is 11.3 Å². The molecule has 6 heteroatoms. The minimum absolute atomic E-state index is 0.171. The zero-order chi connectivity index (χ0) is 14.8. The monoisotopic (exact) mass is 316 g/mol. The smallest absolute Gasteiger partial charge is 0.252 e. The molecule has 114 valence electrons. The molecule has 1 aromatic rings. The van der Waals surface area contributed by atoms with Crippen LogP contribution in [0.15, 0.2) is 16.3 Å². The van der Waals surface area contributed by atoms with Gasteiger partial charge in [0.25, 0.3) is 10.0 Å². The summed E-state index contributed by atoms with van der Waals surface area (Å²) in [5.41, 5.74) is 5.69. The van der Waals surface area contributed by atoms with Crippen LogP contribution in [0.1, 0.15) is 38.0 Å². The van der Waals surface area contributed by atoms with Crippen LogP contribution in [0.2, 0.25) is 0 Å². The van der Waals surface area contributed by atoms with Crippen molar-refractivity contribution in [3.63, 3.8) is 0 Å². The average Bonchev–Trinajstić information content (AvgIpc) is 3.06. The number of thiophene rings is 1. The van der Waals surface area contributed by atoms with Gasteiger partial charge in [0.1, 0.15) is 4.21 Å². The second-order valence-electron chi connectivity index (χ2n) is 5.56. The number of rotatable bonds is 6. The van der Waals surface area contributed by atoms with Gasteiger partial charge in [-0.2, -0.15) is 4.31 Å². The van der Waals surface area contributed by atoms with E-state index >= 15 is 0 Å². The van der Waals surface area contributed by atoms with Crippen molar-refractivity contribution in [1.82, 2.24) is 4.31 Å². The Bertz CT molecular complexity index is 547. The molecule has 0 amide bonds. The van der Waals surface area contributed by atoms with E-state index in [0.717, 1.165) is 30.6 Å². The van der Waals surface area contributed by atoms with Gasteiger partial charge in [0.05, 0.1) is 0 Å². The lowest BCUT2D eigenvalue weighted by molar-refractivity contribution is 0.280. The zero-order valence-corrected chi connectivity index (χ0v) is 13.9. The molecule has 1 fully saturated rings. The van der Waals surface area contributed by atoms with Crippen molar-refractivity contribution in [3.8, 4) is 0 Å². The number of hydrogen-bond donors (Lipinski definition) is 1. The topological polar surface area (TPSA) is 63.4 Å². The molecule has 4 nitrogen and oxygen atoms in total. The van der Waals surface area contributed by atoms with E-state index in [2.05, 4.69) is 13.8 Å². The molecular weight excluding hydrogens is 292 g/mol. The second kappa shape index (κ2) is 6.13. The fourth-order valence-corrected chi connectivity index (χ4v) is 5.91. The Hall–Kier alpha value is -0.430. The Morgan fingerprint density at radius 2 is 2.05 bits per heavy atom. The Morgan fingerprint density at radius 3 is 2.60 bits per heavy atom. The Morgan fingerprint density at radius 1 is 1.35 bits per heavy atom. The maximum absolute atomic E-state index is 12.7. The normalized spacial score (nSPS) is 19.6. The summed E-state index contributed by atoms with van der Waals surface area (Å²) in [5, 5.41) is 0. The van der Waals surface area contributed by atoms with Crippen molar-refractivity contribution in [3.05, 3.63) is 17.0 Å². The summed E-state index contributed by atoms with van der Waals surface area (Å²) in [4.78, 5) is 1.04. The van der Waals surface area contributed by atoms with Gasteiger partial charge in [0, 0.05) is 18.0 Å². The molecule has 1 aliphatic rings. The third-order valence-corrected chi connectivity index (χ3v) is 7.98. The number of nitrogens with two attached hydrogens (primary N) is 1. The fourth-order valence-electron chi connectivity index (χ4n) is 2.83. The molecule has 1 saturated heterocycles. The van der Waals surface area contributed by atoms with Crippen molar-refractivity contribution < 1.29 is 8.42 Å². The van der Waals surface area contributed by atoms with Crippen LogP contribution in [0.4, 0.5) is 0 Å². The molecule has 0 bridgehead atoms. The molecule has 2 heterocycles. The predicted octanol–water partition coefficient (Wildman–Crippen LogP) is 2.45. The van der Waals surface area contributed by atoms with Crippen LogP contribution in [0, 0.1) is 5.41 Å².